The molecule has 0 aliphatic rings. The van der Waals surface area contributed by atoms with Gasteiger partial charge in [-0.25, -0.2) is 0 Å². The Bertz CT molecular complexity index is 206. The van der Waals surface area contributed by atoms with Gasteiger partial charge in [-0.15, -0.1) is 0 Å². The summed E-state index contributed by atoms with van der Waals surface area (Å²) >= 11 is 0. The molecule has 4 N–H and O–H groups in total. The second kappa shape index (κ2) is 7.86. The van der Waals surface area contributed by atoms with Crippen molar-refractivity contribution in [3.8, 4) is 0 Å². The van der Waals surface area contributed by atoms with Gasteiger partial charge < -0.3 is 19.7 Å². The molecule has 0 aromatic heterocycles. The van der Waals surface area contributed by atoms with Crippen molar-refractivity contribution in [3.05, 3.63) is 0 Å². The molecule has 6 nitrogen and oxygen atoms in total. The second-order valence-electron chi connectivity index (χ2n) is 3.79. The Morgan fingerprint density at radius 1 is 1.38 bits per heavy atom. The number of rotatable bonds is 8. The molecule has 0 aromatic rings. The Labute approximate surface area is 98.3 Å². The summed E-state index contributed by atoms with van der Waals surface area (Å²) in [5, 5.41) is 5.74. The van der Waals surface area contributed by atoms with E-state index < -0.39 is 10.9 Å². The summed E-state index contributed by atoms with van der Waals surface area (Å²) in [6.07, 6.45) is 1.60. The van der Waals surface area contributed by atoms with Gasteiger partial charge in [0, 0.05) is 31.8 Å². The van der Waals surface area contributed by atoms with Crippen LogP contribution >= 0.6 is 10.9 Å². The zero-order chi connectivity index (χ0) is 12.6. The highest BCUT2D eigenvalue weighted by Gasteiger charge is 2.08. The summed E-state index contributed by atoms with van der Waals surface area (Å²) in [6, 6.07) is 0.365. The van der Waals surface area contributed by atoms with Gasteiger partial charge in [0.25, 0.3) is 0 Å². The lowest BCUT2D eigenvalue weighted by Crippen LogP contribution is -2.32. The number of hydrogen-bond donors (Lipinski definition) is 4. The standard InChI is InChI=1S/C9H22N2O4S/c1-8(2)10-5-4-9(12)11-6-7-15-16(3,13)14/h8,10,13-14H,4-7H2,1-3H3,(H,11,12). The van der Waals surface area contributed by atoms with E-state index in [-0.39, 0.29) is 19.1 Å². The molecule has 0 spiro atoms. The lowest BCUT2D eigenvalue weighted by molar-refractivity contribution is -0.121. The summed E-state index contributed by atoms with van der Waals surface area (Å²) in [5.41, 5.74) is 0. The molecule has 98 valence electrons. The molecule has 0 aromatic carbocycles. The van der Waals surface area contributed by atoms with Crippen molar-refractivity contribution in [3.63, 3.8) is 0 Å². The highest BCUT2D eigenvalue weighted by Crippen LogP contribution is 2.33. The molecule has 0 aliphatic carbocycles. The maximum absolute atomic E-state index is 11.2. The minimum Gasteiger partial charge on any atom is -0.354 e. The lowest BCUT2D eigenvalue weighted by atomic mass is 10.3. The molecule has 7 heteroatoms. The molecule has 0 aliphatic heterocycles. The van der Waals surface area contributed by atoms with Crippen LogP contribution in [0.15, 0.2) is 0 Å². The lowest BCUT2D eigenvalue weighted by Gasteiger charge is -2.20. The van der Waals surface area contributed by atoms with Crippen molar-refractivity contribution < 1.29 is 18.1 Å². The number of nitrogens with one attached hydrogen (secondary N) is 2. The molecule has 16 heavy (non-hydrogen) atoms. The van der Waals surface area contributed by atoms with Gasteiger partial charge in [-0.2, -0.15) is 0 Å². The zero-order valence-corrected chi connectivity index (χ0v) is 10.8. The van der Waals surface area contributed by atoms with E-state index in [1.165, 1.54) is 6.26 Å². The van der Waals surface area contributed by atoms with Crippen molar-refractivity contribution >= 4 is 16.8 Å². The minimum atomic E-state index is -2.91. The van der Waals surface area contributed by atoms with Crippen molar-refractivity contribution in [1.82, 2.24) is 10.6 Å². The number of carbonyl (C=O) groups is 1. The van der Waals surface area contributed by atoms with Crippen molar-refractivity contribution in [2.24, 2.45) is 0 Å². The molecule has 0 radical (unpaired) electrons. The molecule has 0 bridgehead atoms. The zero-order valence-electron chi connectivity index (χ0n) is 10.0. The van der Waals surface area contributed by atoms with Crippen LogP contribution < -0.4 is 10.6 Å². The van der Waals surface area contributed by atoms with E-state index in [4.69, 9.17) is 9.11 Å². The third kappa shape index (κ3) is 11.7. The predicted octanol–water partition coefficient (Wildman–Crippen LogP) is 0.803. The van der Waals surface area contributed by atoms with Crippen LogP contribution in [-0.4, -0.2) is 47.0 Å². The highest BCUT2D eigenvalue weighted by atomic mass is 32.3. The molecule has 0 rings (SSSR count). The fraction of sp³-hybridized carbons (Fsp3) is 0.889. The summed E-state index contributed by atoms with van der Waals surface area (Å²) in [7, 11) is -2.91. The highest BCUT2D eigenvalue weighted by molar-refractivity contribution is 8.19. The third-order valence-corrected chi connectivity index (χ3v) is 2.25. The number of hydrogen-bond acceptors (Lipinski definition) is 5. The molecule has 0 atom stereocenters. The largest absolute Gasteiger partial charge is 0.354 e. The summed E-state index contributed by atoms with van der Waals surface area (Å²) < 4.78 is 22.4. The van der Waals surface area contributed by atoms with Gasteiger partial charge in [-0.05, 0) is 0 Å². The maximum atomic E-state index is 11.2. The molecule has 0 heterocycles. The van der Waals surface area contributed by atoms with Crippen LogP contribution in [0.1, 0.15) is 20.3 Å². The fourth-order valence-corrected chi connectivity index (χ4v) is 1.35. The van der Waals surface area contributed by atoms with E-state index >= 15 is 0 Å². The molecule has 0 fully saturated rings. The predicted molar refractivity (Wildman–Crippen MR) is 65.5 cm³/mol. The average molecular weight is 254 g/mol. The molecule has 1 amide bonds. The van der Waals surface area contributed by atoms with Gasteiger partial charge in [0.2, 0.25) is 5.91 Å². The van der Waals surface area contributed by atoms with Crippen molar-refractivity contribution in [1.29, 1.82) is 0 Å². The molecular weight excluding hydrogens is 232 g/mol. The third-order valence-electron chi connectivity index (χ3n) is 1.64. The SMILES string of the molecule is CC(C)NCCC(=O)NCCOS(C)(O)O. The number of carbonyl (C=O) groups excluding carboxylic acids is 1. The first-order chi connectivity index (χ1) is 7.31. The van der Waals surface area contributed by atoms with Crippen LogP contribution in [0.3, 0.4) is 0 Å². The molecular formula is C9H22N2O4S. The van der Waals surface area contributed by atoms with Crippen molar-refractivity contribution in [2.45, 2.75) is 26.3 Å². The smallest absolute Gasteiger partial charge is 0.221 e. The molecule has 0 saturated carbocycles. The van der Waals surface area contributed by atoms with Crippen LogP contribution in [0.4, 0.5) is 0 Å². The topological polar surface area (TPSA) is 90.8 Å². The quantitative estimate of drug-likeness (QED) is 0.481. The van der Waals surface area contributed by atoms with Gasteiger partial charge >= 0.3 is 0 Å². The first-order valence-corrected chi connectivity index (χ1v) is 7.07. The normalized spacial score (nSPS) is 12.9. The fourth-order valence-electron chi connectivity index (χ4n) is 0.953. The van der Waals surface area contributed by atoms with Gasteiger partial charge in [0.05, 0.1) is 17.5 Å². The van der Waals surface area contributed by atoms with E-state index in [0.717, 1.165) is 0 Å². The van der Waals surface area contributed by atoms with Crippen molar-refractivity contribution in [2.75, 3.05) is 26.0 Å². The van der Waals surface area contributed by atoms with Crippen LogP contribution in [0.2, 0.25) is 0 Å². The summed E-state index contributed by atoms with van der Waals surface area (Å²) in [6.45, 7) is 5.04. The van der Waals surface area contributed by atoms with Crippen LogP contribution in [0.25, 0.3) is 0 Å². The first-order valence-electron chi connectivity index (χ1n) is 5.19. The second-order valence-corrected chi connectivity index (χ2v) is 5.55. The Morgan fingerprint density at radius 2 is 2.00 bits per heavy atom. The van der Waals surface area contributed by atoms with E-state index in [1.54, 1.807) is 0 Å². The van der Waals surface area contributed by atoms with Crippen LogP contribution in [0.5, 0.6) is 0 Å². The van der Waals surface area contributed by atoms with E-state index in [2.05, 4.69) is 14.8 Å². The summed E-state index contributed by atoms with van der Waals surface area (Å²) in [4.78, 5) is 11.2. The Morgan fingerprint density at radius 3 is 2.50 bits per heavy atom. The van der Waals surface area contributed by atoms with Gasteiger partial charge in [0.1, 0.15) is 0 Å². The monoisotopic (exact) mass is 254 g/mol. The molecule has 0 unspecified atom stereocenters. The van der Waals surface area contributed by atoms with E-state index in [9.17, 15) is 4.79 Å². The van der Waals surface area contributed by atoms with Gasteiger partial charge in [-0.1, -0.05) is 13.8 Å². The van der Waals surface area contributed by atoms with Crippen LogP contribution in [-0.2, 0) is 8.98 Å². The minimum absolute atomic E-state index is 0.0793. The van der Waals surface area contributed by atoms with E-state index in [1.807, 2.05) is 13.8 Å². The number of amides is 1. The van der Waals surface area contributed by atoms with Crippen LogP contribution in [0, 0.1) is 0 Å². The Hall–Kier alpha value is -0.340. The Kier molecular flexibility index (Phi) is 7.69. The van der Waals surface area contributed by atoms with Gasteiger partial charge in [-0.3, -0.25) is 8.98 Å². The molecule has 0 saturated heterocycles. The van der Waals surface area contributed by atoms with E-state index in [0.29, 0.717) is 19.0 Å². The maximum Gasteiger partial charge on any atom is 0.221 e. The van der Waals surface area contributed by atoms with Gasteiger partial charge in [0.15, 0.2) is 0 Å². The average Bonchev–Trinajstić information content (AvgIpc) is 2.10. The summed E-state index contributed by atoms with van der Waals surface area (Å²) in [5.74, 6) is -0.0793. The Balaban J connectivity index is 3.38. The first kappa shape index (κ1) is 15.7.